The molecule has 3 aromatic rings. The Kier molecular flexibility index (Phi) is 6.51. The van der Waals surface area contributed by atoms with Crippen molar-refractivity contribution in [3.8, 4) is 22.8 Å². The number of carbonyl (C=O) groups is 1. The summed E-state index contributed by atoms with van der Waals surface area (Å²) in [5.41, 5.74) is 5.09. The first-order chi connectivity index (χ1) is 16.0. The highest BCUT2D eigenvalue weighted by molar-refractivity contribution is 6.00. The van der Waals surface area contributed by atoms with E-state index in [9.17, 15) is 9.90 Å². The van der Waals surface area contributed by atoms with Gasteiger partial charge in [-0.25, -0.2) is 0 Å². The fraction of sp³-hybridized carbons (Fsp3) is 0.308. The number of benzene rings is 2. The van der Waals surface area contributed by atoms with Crippen LogP contribution in [-0.4, -0.2) is 53.0 Å². The molecular formula is C26H29N3O4. The Morgan fingerprint density at radius 3 is 2.85 bits per heavy atom. The van der Waals surface area contributed by atoms with E-state index in [4.69, 9.17) is 9.47 Å². The van der Waals surface area contributed by atoms with Crippen molar-refractivity contribution in [2.24, 2.45) is 0 Å². The second-order valence-corrected chi connectivity index (χ2v) is 8.26. The van der Waals surface area contributed by atoms with Gasteiger partial charge in [-0.05, 0) is 55.2 Å². The third kappa shape index (κ3) is 4.24. The molecule has 0 fully saturated rings. The zero-order chi connectivity index (χ0) is 23.5. The van der Waals surface area contributed by atoms with Crippen LogP contribution in [0.2, 0.25) is 0 Å². The summed E-state index contributed by atoms with van der Waals surface area (Å²) >= 11 is 0. The van der Waals surface area contributed by atoms with Crippen LogP contribution >= 0.6 is 0 Å². The minimum Gasteiger partial charge on any atom is -0.507 e. The predicted octanol–water partition coefficient (Wildman–Crippen LogP) is 4.55. The van der Waals surface area contributed by atoms with E-state index in [1.165, 1.54) is 0 Å². The molecule has 2 heterocycles. The van der Waals surface area contributed by atoms with Gasteiger partial charge in [0.2, 0.25) is 0 Å². The molecule has 0 spiro atoms. The number of aromatic nitrogens is 2. The monoisotopic (exact) mass is 447 g/mol. The van der Waals surface area contributed by atoms with Crippen molar-refractivity contribution in [1.82, 2.24) is 15.1 Å². The summed E-state index contributed by atoms with van der Waals surface area (Å²) < 4.78 is 11.0. The molecule has 7 heteroatoms. The minimum absolute atomic E-state index is 0.119. The van der Waals surface area contributed by atoms with E-state index in [0.29, 0.717) is 48.9 Å². The minimum atomic E-state index is -0.370. The van der Waals surface area contributed by atoms with Gasteiger partial charge in [0, 0.05) is 31.4 Å². The number of methoxy groups -OCH3 is 1. The number of ether oxygens (including phenoxy) is 2. The summed E-state index contributed by atoms with van der Waals surface area (Å²) in [6.07, 6.45) is 2.39. The van der Waals surface area contributed by atoms with Gasteiger partial charge in [0.05, 0.1) is 6.04 Å². The average Bonchev–Trinajstić information content (AvgIpc) is 3.34. The van der Waals surface area contributed by atoms with Crippen LogP contribution in [0.25, 0.3) is 11.3 Å². The molecule has 0 aliphatic carbocycles. The Balaban J connectivity index is 1.85. The molecule has 1 amide bonds. The number of amides is 1. The van der Waals surface area contributed by atoms with Crippen molar-refractivity contribution in [1.29, 1.82) is 0 Å². The number of H-pyrrole nitrogens is 1. The highest BCUT2D eigenvalue weighted by Crippen LogP contribution is 2.45. The number of phenolic OH excluding ortho intramolecular Hbond substituents is 1. The largest absolute Gasteiger partial charge is 0.507 e. The van der Waals surface area contributed by atoms with Gasteiger partial charge in [-0.1, -0.05) is 30.9 Å². The van der Waals surface area contributed by atoms with Gasteiger partial charge >= 0.3 is 0 Å². The zero-order valence-corrected chi connectivity index (χ0v) is 19.2. The zero-order valence-electron chi connectivity index (χ0n) is 19.2. The molecule has 172 valence electrons. The van der Waals surface area contributed by atoms with Crippen LogP contribution in [0.15, 0.2) is 49.1 Å². The van der Waals surface area contributed by atoms with Gasteiger partial charge in [-0.2, -0.15) is 5.10 Å². The van der Waals surface area contributed by atoms with Gasteiger partial charge < -0.3 is 19.5 Å². The van der Waals surface area contributed by atoms with Gasteiger partial charge in [-0.3, -0.25) is 9.89 Å². The van der Waals surface area contributed by atoms with E-state index in [2.05, 4.69) is 16.8 Å². The summed E-state index contributed by atoms with van der Waals surface area (Å²) in [6.45, 7) is 9.01. The summed E-state index contributed by atoms with van der Waals surface area (Å²) in [5.74, 6) is 0.748. The number of nitrogens with one attached hydrogen (secondary N) is 1. The smallest absolute Gasteiger partial charge is 0.273 e. The number of fused-ring (bicyclic) bond motifs is 1. The lowest BCUT2D eigenvalue weighted by atomic mass is 9.94. The molecule has 0 radical (unpaired) electrons. The average molecular weight is 448 g/mol. The lowest BCUT2D eigenvalue weighted by Gasteiger charge is -2.26. The molecule has 4 rings (SSSR count). The highest BCUT2D eigenvalue weighted by Gasteiger charge is 2.42. The van der Waals surface area contributed by atoms with Crippen molar-refractivity contribution in [3.05, 3.63) is 77.0 Å². The molecule has 0 bridgehead atoms. The van der Waals surface area contributed by atoms with Crippen molar-refractivity contribution < 1.29 is 19.4 Å². The van der Waals surface area contributed by atoms with E-state index in [-0.39, 0.29) is 17.7 Å². The second-order valence-electron chi connectivity index (χ2n) is 8.26. The maximum absolute atomic E-state index is 13.4. The Morgan fingerprint density at radius 1 is 1.27 bits per heavy atom. The molecule has 1 aliphatic heterocycles. The molecule has 1 aliphatic rings. The molecule has 7 nitrogen and oxygen atoms in total. The third-order valence-electron chi connectivity index (χ3n) is 5.85. The Hall–Kier alpha value is -3.58. The fourth-order valence-electron chi connectivity index (χ4n) is 4.43. The topological polar surface area (TPSA) is 87.7 Å². The number of hydrogen-bond donors (Lipinski definition) is 2. The standard InChI is InChI=1S/C26H29N3O4/c1-5-11-33-19-9-6-8-18(15-19)24-21-22(20-14-16(2)13-17(3)25(20)30)27-28-23(21)26(31)29(24)10-7-12-32-4/h5-6,8-9,13-15,24,30H,1,7,10-12H2,2-4H3,(H,27,28). The van der Waals surface area contributed by atoms with Crippen LogP contribution in [-0.2, 0) is 4.74 Å². The molecule has 1 unspecified atom stereocenters. The Bertz CT molecular complexity index is 1180. The van der Waals surface area contributed by atoms with E-state index in [1.54, 1.807) is 13.2 Å². The number of carbonyl (C=O) groups excluding carboxylic acids is 1. The van der Waals surface area contributed by atoms with Crippen LogP contribution in [0.3, 0.4) is 0 Å². The van der Waals surface area contributed by atoms with Crippen molar-refractivity contribution in [3.63, 3.8) is 0 Å². The molecule has 0 saturated heterocycles. The van der Waals surface area contributed by atoms with Crippen LogP contribution in [0.4, 0.5) is 0 Å². The molecule has 1 aromatic heterocycles. The lowest BCUT2D eigenvalue weighted by molar-refractivity contribution is 0.0723. The number of hydrogen-bond acceptors (Lipinski definition) is 5. The molecule has 2 N–H and O–H groups in total. The molecule has 33 heavy (non-hydrogen) atoms. The Morgan fingerprint density at radius 2 is 2.09 bits per heavy atom. The SMILES string of the molecule is C=CCOc1cccc(C2c3c(-c4cc(C)cc(C)c4O)n[nH]c3C(=O)N2CCCOC)c1. The van der Waals surface area contributed by atoms with Crippen LogP contribution in [0.1, 0.15) is 45.2 Å². The number of aryl methyl sites for hydroxylation is 2. The van der Waals surface area contributed by atoms with Crippen LogP contribution in [0, 0.1) is 13.8 Å². The fourth-order valence-corrected chi connectivity index (χ4v) is 4.43. The van der Waals surface area contributed by atoms with Crippen molar-refractivity contribution in [2.45, 2.75) is 26.3 Å². The number of rotatable bonds is 9. The van der Waals surface area contributed by atoms with Gasteiger partial charge in [0.25, 0.3) is 5.91 Å². The summed E-state index contributed by atoms with van der Waals surface area (Å²) in [5, 5.41) is 18.2. The van der Waals surface area contributed by atoms with Crippen molar-refractivity contribution in [2.75, 3.05) is 26.9 Å². The summed E-state index contributed by atoms with van der Waals surface area (Å²) in [4.78, 5) is 15.2. The third-order valence-corrected chi connectivity index (χ3v) is 5.85. The predicted molar refractivity (Wildman–Crippen MR) is 127 cm³/mol. The number of phenols is 1. The van der Waals surface area contributed by atoms with E-state index >= 15 is 0 Å². The van der Waals surface area contributed by atoms with Gasteiger partial charge in [0.15, 0.2) is 0 Å². The first-order valence-corrected chi connectivity index (χ1v) is 11.0. The normalized spacial score (nSPS) is 15.1. The highest BCUT2D eigenvalue weighted by atomic mass is 16.5. The molecular weight excluding hydrogens is 418 g/mol. The van der Waals surface area contributed by atoms with Crippen LogP contribution < -0.4 is 4.74 Å². The maximum atomic E-state index is 13.4. The number of aromatic amines is 1. The second kappa shape index (κ2) is 9.50. The van der Waals surface area contributed by atoms with Crippen molar-refractivity contribution >= 4 is 5.91 Å². The quantitative estimate of drug-likeness (QED) is 0.371. The molecule has 1 atom stereocenters. The Labute approximate surface area is 193 Å². The van der Waals surface area contributed by atoms with E-state index in [1.807, 2.05) is 55.1 Å². The van der Waals surface area contributed by atoms with E-state index in [0.717, 1.165) is 22.3 Å². The van der Waals surface area contributed by atoms with Gasteiger partial charge in [0.1, 0.15) is 29.5 Å². The lowest BCUT2D eigenvalue weighted by Crippen LogP contribution is -2.31. The molecule has 2 aromatic carbocycles. The van der Waals surface area contributed by atoms with Gasteiger partial charge in [-0.15, -0.1) is 0 Å². The molecule has 0 saturated carbocycles. The maximum Gasteiger partial charge on any atom is 0.273 e. The van der Waals surface area contributed by atoms with Crippen LogP contribution in [0.5, 0.6) is 11.5 Å². The van der Waals surface area contributed by atoms with E-state index < -0.39 is 0 Å². The summed E-state index contributed by atoms with van der Waals surface area (Å²) in [6, 6.07) is 11.2. The number of aromatic hydroxyl groups is 1. The summed E-state index contributed by atoms with van der Waals surface area (Å²) in [7, 11) is 1.65. The first-order valence-electron chi connectivity index (χ1n) is 11.0. The first kappa shape index (κ1) is 22.6. The number of nitrogens with zero attached hydrogens (tertiary/aromatic N) is 2.